The highest BCUT2D eigenvalue weighted by Crippen LogP contribution is 2.54. The van der Waals surface area contributed by atoms with E-state index >= 15 is 0 Å². The van der Waals surface area contributed by atoms with Crippen LogP contribution in [0.25, 0.3) is 5.57 Å². The van der Waals surface area contributed by atoms with Gasteiger partial charge in [0.25, 0.3) is 0 Å². The van der Waals surface area contributed by atoms with Crippen LogP contribution in [0.2, 0.25) is 0 Å². The molecule has 1 unspecified atom stereocenters. The first kappa shape index (κ1) is 17.8. The van der Waals surface area contributed by atoms with Gasteiger partial charge in [-0.05, 0) is 0 Å². The van der Waals surface area contributed by atoms with E-state index in [4.69, 9.17) is 9.47 Å². The van der Waals surface area contributed by atoms with E-state index in [9.17, 15) is 25.2 Å². The zero-order valence-corrected chi connectivity index (χ0v) is 14.7. The van der Waals surface area contributed by atoms with Gasteiger partial charge in [-0.25, -0.2) is 0 Å². The van der Waals surface area contributed by atoms with Crippen molar-refractivity contribution in [1.82, 2.24) is 0 Å². The van der Waals surface area contributed by atoms with Crippen molar-refractivity contribution in [3.63, 3.8) is 0 Å². The summed E-state index contributed by atoms with van der Waals surface area (Å²) in [6.45, 7) is 0. The summed E-state index contributed by atoms with van der Waals surface area (Å²) in [6, 6.07) is 5.05. The van der Waals surface area contributed by atoms with Crippen LogP contribution in [0.15, 0.2) is 29.2 Å². The van der Waals surface area contributed by atoms with E-state index in [2.05, 4.69) is 12.6 Å². The Balaban J connectivity index is 2.10. The average molecular weight is 376 g/mol. The molecule has 3 rings (SSSR count). The predicted molar refractivity (Wildman–Crippen MR) is 96.3 cm³/mol. The fourth-order valence-corrected chi connectivity index (χ4v) is 3.42. The number of hydrogen-bond donors (Lipinski definition) is 5. The molecule has 0 saturated carbocycles. The topological polar surface area (TPSA) is 116 Å². The molecular formula is C18H16O7S. The van der Waals surface area contributed by atoms with Crippen molar-refractivity contribution < 1.29 is 34.7 Å². The molecule has 2 aromatic carbocycles. The summed E-state index contributed by atoms with van der Waals surface area (Å²) in [7, 11) is 2.75. The molecular weight excluding hydrogens is 360 g/mol. The smallest absolute Gasteiger partial charge is 0.177 e. The highest BCUT2D eigenvalue weighted by molar-refractivity contribution is 7.85. The molecule has 0 heterocycles. The first-order valence-corrected chi connectivity index (χ1v) is 7.92. The summed E-state index contributed by atoms with van der Waals surface area (Å²) in [5, 5.41) is 40.6. The maximum Gasteiger partial charge on any atom is 0.177 e. The summed E-state index contributed by atoms with van der Waals surface area (Å²) < 4.78 is 9.89. The van der Waals surface area contributed by atoms with Gasteiger partial charge in [-0.3, -0.25) is 4.79 Å². The Bertz CT molecular complexity index is 903. The maximum atomic E-state index is 12.7. The highest BCUT2D eigenvalue weighted by Gasteiger charge is 2.44. The number of benzene rings is 2. The molecule has 2 aromatic rings. The van der Waals surface area contributed by atoms with Crippen molar-refractivity contribution in [2.75, 3.05) is 14.2 Å². The molecule has 0 aromatic heterocycles. The van der Waals surface area contributed by atoms with Crippen LogP contribution in [0.1, 0.15) is 17.0 Å². The predicted octanol–water partition coefficient (Wildman–Crippen LogP) is 2.53. The number of carbonyl (C=O) groups excluding carboxylic acids is 1. The molecule has 4 N–H and O–H groups in total. The molecule has 0 aliphatic heterocycles. The largest absolute Gasteiger partial charge is 0.507 e. The van der Waals surface area contributed by atoms with Crippen LogP contribution in [0.3, 0.4) is 0 Å². The van der Waals surface area contributed by atoms with Gasteiger partial charge in [0.1, 0.15) is 34.5 Å². The second-order valence-electron chi connectivity index (χ2n) is 5.68. The fraction of sp³-hybridized carbons (Fsp3) is 0.167. The van der Waals surface area contributed by atoms with Crippen molar-refractivity contribution in [3.8, 4) is 34.5 Å². The standard InChI is InChI=1S/C18H16O7S/c1-24-7-3-9(19)13(10(20)4-7)15-17(23)16(18(15)26)14-11(21)5-8(25-2)6-12(14)22/h3-6,15,19-22,26H,1-2H3. The minimum absolute atomic E-state index is 0.00519. The molecule has 1 aliphatic carbocycles. The molecule has 0 fully saturated rings. The Morgan fingerprint density at radius 1 is 0.846 bits per heavy atom. The third-order valence-corrected chi connectivity index (χ3v) is 4.71. The zero-order chi connectivity index (χ0) is 19.2. The van der Waals surface area contributed by atoms with E-state index in [0.717, 1.165) is 0 Å². The molecule has 8 heteroatoms. The van der Waals surface area contributed by atoms with Crippen LogP contribution in [0.5, 0.6) is 34.5 Å². The van der Waals surface area contributed by atoms with E-state index in [-0.39, 0.29) is 56.1 Å². The Morgan fingerprint density at radius 3 is 1.65 bits per heavy atom. The second kappa shape index (κ2) is 6.38. The monoisotopic (exact) mass is 376 g/mol. The Morgan fingerprint density at radius 2 is 1.27 bits per heavy atom. The third-order valence-electron chi connectivity index (χ3n) is 4.23. The van der Waals surface area contributed by atoms with Crippen molar-refractivity contribution in [1.29, 1.82) is 0 Å². The number of thiol groups is 1. The number of aromatic hydroxyl groups is 4. The summed E-state index contributed by atoms with van der Waals surface area (Å²) in [5.41, 5.74) is -0.0906. The van der Waals surface area contributed by atoms with Gasteiger partial charge in [-0.1, -0.05) is 0 Å². The maximum absolute atomic E-state index is 12.7. The summed E-state index contributed by atoms with van der Waals surface area (Å²) >= 11 is 4.30. The molecule has 7 nitrogen and oxygen atoms in total. The van der Waals surface area contributed by atoms with Gasteiger partial charge in [0.2, 0.25) is 0 Å². The van der Waals surface area contributed by atoms with E-state index in [1.165, 1.54) is 38.5 Å². The van der Waals surface area contributed by atoms with Crippen LogP contribution in [0, 0.1) is 0 Å². The first-order valence-electron chi connectivity index (χ1n) is 7.47. The molecule has 0 bridgehead atoms. The Labute approximate surface area is 154 Å². The van der Waals surface area contributed by atoms with Crippen LogP contribution in [-0.4, -0.2) is 40.4 Å². The van der Waals surface area contributed by atoms with Crippen LogP contribution >= 0.6 is 12.6 Å². The Hall–Kier alpha value is -3.00. The normalized spacial score (nSPS) is 16.4. The first-order chi connectivity index (χ1) is 12.3. The number of allylic oxidation sites excluding steroid dienone is 2. The zero-order valence-electron chi connectivity index (χ0n) is 13.8. The molecule has 0 spiro atoms. The number of ketones is 1. The summed E-state index contributed by atoms with van der Waals surface area (Å²) in [4.78, 5) is 12.9. The van der Waals surface area contributed by atoms with E-state index in [1.807, 2.05) is 0 Å². The minimum Gasteiger partial charge on any atom is -0.507 e. The van der Waals surface area contributed by atoms with Crippen LogP contribution < -0.4 is 9.47 Å². The molecule has 26 heavy (non-hydrogen) atoms. The van der Waals surface area contributed by atoms with Gasteiger partial charge < -0.3 is 29.9 Å². The molecule has 136 valence electrons. The molecule has 0 radical (unpaired) electrons. The number of methoxy groups -OCH3 is 2. The molecule has 0 amide bonds. The molecule has 0 saturated heterocycles. The summed E-state index contributed by atoms with van der Waals surface area (Å²) in [5.74, 6) is -2.42. The minimum atomic E-state index is -1.01. The highest BCUT2D eigenvalue weighted by atomic mass is 32.1. The van der Waals surface area contributed by atoms with Gasteiger partial charge in [0.15, 0.2) is 5.78 Å². The number of carbonyl (C=O) groups is 1. The molecule has 1 aliphatic rings. The van der Waals surface area contributed by atoms with E-state index in [0.29, 0.717) is 0 Å². The Kier molecular flexibility index (Phi) is 4.37. The van der Waals surface area contributed by atoms with Crippen LogP contribution in [0.4, 0.5) is 0 Å². The van der Waals surface area contributed by atoms with Gasteiger partial charge in [0, 0.05) is 34.7 Å². The van der Waals surface area contributed by atoms with Gasteiger partial charge in [-0.15, -0.1) is 12.6 Å². The van der Waals surface area contributed by atoms with Crippen molar-refractivity contribution in [2.45, 2.75) is 5.92 Å². The van der Waals surface area contributed by atoms with Crippen molar-refractivity contribution in [2.24, 2.45) is 0 Å². The lowest BCUT2D eigenvalue weighted by molar-refractivity contribution is -0.115. The number of Topliss-reactive ketones (excluding diaryl/α,β-unsaturated/α-hetero) is 1. The van der Waals surface area contributed by atoms with Crippen LogP contribution in [-0.2, 0) is 4.79 Å². The lowest BCUT2D eigenvalue weighted by Gasteiger charge is -2.31. The lowest BCUT2D eigenvalue weighted by atomic mass is 9.75. The average Bonchev–Trinajstić information content (AvgIpc) is 2.60. The number of ether oxygens (including phenoxy) is 2. The molecule has 1 atom stereocenters. The summed E-state index contributed by atoms with van der Waals surface area (Å²) in [6.07, 6.45) is 0. The van der Waals surface area contributed by atoms with Crippen molar-refractivity contribution in [3.05, 3.63) is 40.3 Å². The lowest BCUT2D eigenvalue weighted by Crippen LogP contribution is -2.26. The number of hydrogen-bond acceptors (Lipinski definition) is 8. The van der Waals surface area contributed by atoms with E-state index in [1.54, 1.807) is 0 Å². The van der Waals surface area contributed by atoms with Gasteiger partial charge in [0.05, 0.1) is 31.3 Å². The fourth-order valence-electron chi connectivity index (χ4n) is 2.95. The van der Waals surface area contributed by atoms with Gasteiger partial charge >= 0.3 is 0 Å². The number of phenols is 4. The number of rotatable bonds is 4. The van der Waals surface area contributed by atoms with Crippen molar-refractivity contribution >= 4 is 24.0 Å². The number of phenolic OH excluding ortho intramolecular Hbond substituents is 4. The van der Waals surface area contributed by atoms with Gasteiger partial charge in [-0.2, -0.15) is 0 Å². The SMILES string of the molecule is COc1cc(O)c(C2=C(S)C(c3c(O)cc(OC)cc3O)C2=O)c(O)c1. The second-order valence-corrected chi connectivity index (χ2v) is 6.16. The van der Waals surface area contributed by atoms with E-state index < -0.39 is 11.7 Å². The third kappa shape index (κ3) is 2.59. The quantitative estimate of drug-likeness (QED) is 0.521.